The van der Waals surface area contributed by atoms with Gasteiger partial charge in [0, 0.05) is 62.5 Å². The first-order valence-electron chi connectivity index (χ1n) is 34.6. The van der Waals surface area contributed by atoms with Gasteiger partial charge < -0.3 is 53.1 Å². The molecule has 6 bridgehead atoms. The second-order valence-corrected chi connectivity index (χ2v) is 30.2. The van der Waals surface area contributed by atoms with Crippen LogP contribution in [0.5, 0.6) is 0 Å². The molecule has 0 saturated carbocycles. The maximum atomic E-state index is 13.2. The first-order valence-corrected chi connectivity index (χ1v) is 34.6. The smallest absolute Gasteiger partial charge is 0.408 e. The van der Waals surface area contributed by atoms with E-state index in [2.05, 4.69) is 46.9 Å². The maximum Gasteiger partial charge on any atom is 0.408 e. The number of rotatable bonds is 15. The van der Waals surface area contributed by atoms with Gasteiger partial charge in [0.2, 0.25) is 0 Å². The fourth-order valence-electron chi connectivity index (χ4n) is 17.2. The number of allylic oxidation sites excluding steroid dienone is 3. The third-order valence-corrected chi connectivity index (χ3v) is 22.2. The number of carbonyl (C=O) groups is 6. The molecule has 518 valence electrons. The Hall–Kier alpha value is -7.18. The van der Waals surface area contributed by atoms with Crippen LogP contribution in [0, 0.1) is 29.6 Å². The molecule has 0 spiro atoms. The number of esters is 5. The van der Waals surface area contributed by atoms with Gasteiger partial charge in [-0.15, -0.1) is 0 Å². The zero-order chi connectivity index (χ0) is 69.7. The lowest BCUT2D eigenvalue weighted by atomic mass is 9.74. The number of alkyl carbamates (subject to hydrolysis) is 1. The molecule has 0 radical (unpaired) electrons. The lowest BCUT2D eigenvalue weighted by Gasteiger charge is -2.50. The van der Waals surface area contributed by atoms with Gasteiger partial charge in [0.15, 0.2) is 18.3 Å². The zero-order valence-electron chi connectivity index (χ0n) is 59.0. The minimum Gasteiger partial charge on any atom is -0.459 e. The van der Waals surface area contributed by atoms with Crippen molar-refractivity contribution in [3.8, 4) is 0 Å². The Balaban J connectivity index is 0.000000164. The van der Waals surface area contributed by atoms with Gasteiger partial charge in [0.25, 0.3) is 0 Å². The van der Waals surface area contributed by atoms with E-state index in [1.165, 1.54) is 41.4 Å². The van der Waals surface area contributed by atoms with Gasteiger partial charge in [-0.2, -0.15) is 0 Å². The standard InChI is InChI=1S/C32H43NO7.C30H32O5.C17H26O4/c1-19(2)32-18-24(37-28(35)21(4)33-29(36)39-30(5,6)7)31(8,40-32)23-16-14-20(3)26(23)27(32)38-25(34)17-15-22-12-10-9-11-13-22;1-4-25(31)33-24-19-30(22-13-9-6-10-14-22)28(27-20(2)15-17-23(27)29(24,3)35-30)34-26(32)18-16-21-11-7-5-8-12-21;1-9(2)17-8-13(19)16(5,21-17)12-7-6-10(3)14(12)15(17)20-11(4)18/h9-13,15,17,19,21,23-24,27H,14,16,18H2,1-8H3,(H,33,36);5-14,16,18,23-24,28H,4,15,17,19H2,1-3H3;9,12-13,15,19H,6-8H2,1-5H3/b17-15+;18-16+;. The number of aliphatic hydroxyl groups excluding tert-OH is 1. The molecule has 17 nitrogen and oxygen atoms in total. The maximum absolute atomic E-state index is 13.2. The number of benzene rings is 3. The van der Waals surface area contributed by atoms with Crippen molar-refractivity contribution in [1.82, 2.24) is 5.32 Å². The van der Waals surface area contributed by atoms with E-state index in [1.807, 2.05) is 119 Å². The minimum absolute atomic E-state index is 0.0207. The van der Waals surface area contributed by atoms with Gasteiger partial charge in [0.1, 0.15) is 51.9 Å². The summed E-state index contributed by atoms with van der Waals surface area (Å²) < 4.78 is 55.9. The summed E-state index contributed by atoms with van der Waals surface area (Å²) in [6, 6.07) is 28.3. The topological polar surface area (TPSA) is 218 Å². The Kier molecular flexibility index (Phi) is 20.6. The molecular formula is C79H101NO16. The first-order chi connectivity index (χ1) is 45.2. The van der Waals surface area contributed by atoms with Crippen molar-refractivity contribution >= 4 is 48.1 Å². The quantitative estimate of drug-likeness (QED) is 0.0626. The van der Waals surface area contributed by atoms with E-state index in [-0.39, 0.29) is 47.6 Å². The number of fused-ring (bicyclic) bond motifs is 12. The molecule has 2 N–H and O–H groups in total. The summed E-state index contributed by atoms with van der Waals surface area (Å²) in [5, 5.41) is 13.2. The highest BCUT2D eigenvalue weighted by atomic mass is 16.6. The number of aliphatic hydroxyl groups is 1. The molecule has 12 rings (SSSR count). The van der Waals surface area contributed by atoms with Gasteiger partial charge in [0.05, 0.1) is 11.7 Å². The third kappa shape index (κ3) is 13.5. The number of amides is 1. The molecule has 3 aromatic carbocycles. The number of hydrogen-bond acceptors (Lipinski definition) is 16. The fourth-order valence-corrected chi connectivity index (χ4v) is 17.2. The van der Waals surface area contributed by atoms with E-state index >= 15 is 0 Å². The van der Waals surface area contributed by atoms with Crippen molar-refractivity contribution in [2.24, 2.45) is 29.6 Å². The average Bonchev–Trinajstić information content (AvgIpc) is 1.54. The molecule has 9 aliphatic rings. The van der Waals surface area contributed by atoms with Gasteiger partial charge in [-0.1, -0.05) is 142 Å². The molecule has 0 aromatic heterocycles. The van der Waals surface area contributed by atoms with Crippen LogP contribution in [0.15, 0.2) is 137 Å². The number of hydrogen-bond donors (Lipinski definition) is 2. The average molecular weight is 1320 g/mol. The number of nitrogens with one attached hydrogen (secondary N) is 1. The van der Waals surface area contributed by atoms with Crippen LogP contribution >= 0.6 is 0 Å². The minimum atomic E-state index is -0.928. The predicted octanol–water partition coefficient (Wildman–Crippen LogP) is 14.1. The Labute approximate surface area is 567 Å². The SMILES string of the molecule is CC(=O)OC1C2=C(C)CCC2C2(C)OC1(C(C)C)CC2O.CC1=C2C(CC1)C1(C)OC(C(C)C)(CC1OC(=O)C(C)NC(=O)OC(C)(C)C)C2OC(=O)/C=C/c1ccccc1.CCC(=O)OC1CC2(c3ccccc3)OC1(C)C1CCC(C)=C1C2OC(=O)/C=C/c1ccccc1. The largest absolute Gasteiger partial charge is 0.459 e. The molecule has 16 atom stereocenters. The third-order valence-electron chi connectivity index (χ3n) is 22.2. The molecule has 6 fully saturated rings. The molecule has 6 saturated heterocycles. The second-order valence-electron chi connectivity index (χ2n) is 30.2. The van der Waals surface area contributed by atoms with Crippen molar-refractivity contribution in [2.45, 2.75) is 257 Å². The summed E-state index contributed by atoms with van der Waals surface area (Å²) in [6.07, 6.45) is 9.78. The van der Waals surface area contributed by atoms with Crippen molar-refractivity contribution in [3.63, 3.8) is 0 Å². The molecular weight excluding hydrogens is 1220 g/mol. The molecule has 6 aliphatic heterocycles. The van der Waals surface area contributed by atoms with Crippen molar-refractivity contribution < 1.29 is 76.5 Å². The normalized spacial score (nSPS) is 34.0. The van der Waals surface area contributed by atoms with Crippen LogP contribution in [-0.2, 0) is 72.2 Å². The van der Waals surface area contributed by atoms with Crippen molar-refractivity contribution in [3.05, 3.63) is 153 Å². The van der Waals surface area contributed by atoms with Gasteiger partial charge in [-0.05, 0) is 165 Å². The summed E-state index contributed by atoms with van der Waals surface area (Å²) in [4.78, 5) is 75.7. The highest BCUT2D eigenvalue weighted by Gasteiger charge is 2.72. The van der Waals surface area contributed by atoms with Gasteiger partial charge in [-0.25, -0.2) is 19.2 Å². The second kappa shape index (κ2) is 27.6. The lowest BCUT2D eigenvalue weighted by molar-refractivity contribution is -0.223. The van der Waals surface area contributed by atoms with E-state index < -0.39 is 99.8 Å². The monoisotopic (exact) mass is 1320 g/mol. The van der Waals surface area contributed by atoms with Crippen LogP contribution in [0.3, 0.4) is 0 Å². The molecule has 3 aromatic rings. The van der Waals surface area contributed by atoms with E-state index in [0.717, 1.165) is 66.4 Å². The van der Waals surface area contributed by atoms with E-state index in [9.17, 15) is 33.9 Å². The summed E-state index contributed by atoms with van der Waals surface area (Å²) in [5.41, 5.74) is 4.81. The van der Waals surface area contributed by atoms with Crippen LogP contribution in [0.25, 0.3) is 12.2 Å². The summed E-state index contributed by atoms with van der Waals surface area (Å²) in [5.74, 6) is -1.69. The van der Waals surface area contributed by atoms with E-state index in [0.29, 0.717) is 25.7 Å². The highest BCUT2D eigenvalue weighted by Crippen LogP contribution is 2.65. The first kappa shape index (κ1) is 71.6. The summed E-state index contributed by atoms with van der Waals surface area (Å²) in [7, 11) is 0. The van der Waals surface area contributed by atoms with Gasteiger partial charge in [-0.3, -0.25) is 9.59 Å². The van der Waals surface area contributed by atoms with E-state index in [1.54, 1.807) is 46.8 Å². The molecule has 17 heteroatoms. The lowest BCUT2D eigenvalue weighted by Crippen LogP contribution is -2.59. The van der Waals surface area contributed by atoms with Crippen LogP contribution in [0.2, 0.25) is 0 Å². The van der Waals surface area contributed by atoms with Crippen LogP contribution < -0.4 is 5.32 Å². The molecule has 3 aliphatic carbocycles. The van der Waals surface area contributed by atoms with Crippen LogP contribution in [0.4, 0.5) is 4.79 Å². The highest BCUT2D eigenvalue weighted by molar-refractivity contribution is 5.88. The Morgan fingerprint density at radius 2 is 1.00 bits per heavy atom. The number of ether oxygens (including phenoxy) is 9. The number of carbonyl (C=O) groups excluding carboxylic acids is 6. The molecule has 16 unspecified atom stereocenters. The summed E-state index contributed by atoms with van der Waals surface area (Å²) >= 11 is 0. The predicted molar refractivity (Wildman–Crippen MR) is 363 cm³/mol. The van der Waals surface area contributed by atoms with E-state index in [4.69, 9.17) is 42.6 Å². The van der Waals surface area contributed by atoms with Crippen molar-refractivity contribution in [2.75, 3.05) is 0 Å². The zero-order valence-corrected chi connectivity index (χ0v) is 59.0. The summed E-state index contributed by atoms with van der Waals surface area (Å²) in [6.45, 7) is 30.8. The molecule has 1 amide bonds. The van der Waals surface area contributed by atoms with Crippen molar-refractivity contribution in [1.29, 1.82) is 0 Å². The van der Waals surface area contributed by atoms with Gasteiger partial charge >= 0.3 is 35.9 Å². The molecule has 6 heterocycles. The Morgan fingerprint density at radius 3 is 1.48 bits per heavy atom. The van der Waals surface area contributed by atoms with Crippen LogP contribution in [0.1, 0.15) is 192 Å². The Morgan fingerprint density at radius 1 is 0.573 bits per heavy atom. The molecule has 96 heavy (non-hydrogen) atoms. The Bertz CT molecular complexity index is 3580. The fraction of sp³-hybridized carbons (Fsp3) is 0.570. The van der Waals surface area contributed by atoms with Crippen LogP contribution in [-0.4, -0.2) is 117 Å².